The second-order valence-electron chi connectivity index (χ2n) is 5.50. The van der Waals surface area contributed by atoms with Gasteiger partial charge in [0.15, 0.2) is 6.33 Å². The summed E-state index contributed by atoms with van der Waals surface area (Å²) in [4.78, 5) is 4.02. The van der Waals surface area contributed by atoms with E-state index >= 15 is 0 Å². The molecule has 0 aliphatic rings. The maximum absolute atomic E-state index is 4.98. The van der Waals surface area contributed by atoms with Crippen molar-refractivity contribution in [1.82, 2.24) is 15.5 Å². The number of rotatable bonds is 8. The van der Waals surface area contributed by atoms with Gasteiger partial charge >= 0.3 is 0 Å². The van der Waals surface area contributed by atoms with Gasteiger partial charge in [0.2, 0.25) is 5.89 Å². The van der Waals surface area contributed by atoms with E-state index in [0.29, 0.717) is 11.9 Å². The third-order valence-electron chi connectivity index (χ3n) is 2.69. The molecule has 0 saturated carbocycles. The highest BCUT2D eigenvalue weighted by Gasteiger charge is 2.12. The normalized spacial score (nSPS) is 11.9. The molecule has 0 amide bonds. The third-order valence-corrected chi connectivity index (χ3v) is 2.69. The lowest BCUT2D eigenvalue weighted by Gasteiger charge is -2.22. The van der Waals surface area contributed by atoms with Crippen LogP contribution in [-0.4, -0.2) is 22.7 Å². The van der Waals surface area contributed by atoms with E-state index < -0.39 is 0 Å². The molecule has 1 heterocycles. The van der Waals surface area contributed by atoms with Crippen LogP contribution in [0.15, 0.2) is 10.9 Å². The van der Waals surface area contributed by atoms with E-state index in [1.807, 2.05) is 0 Å². The number of hydrogen-bond donors (Lipinski definition) is 1. The Morgan fingerprint density at radius 2 is 1.82 bits per heavy atom. The van der Waals surface area contributed by atoms with E-state index in [0.717, 1.165) is 24.8 Å². The molecule has 17 heavy (non-hydrogen) atoms. The second kappa shape index (κ2) is 7.43. The molecule has 0 atom stereocenters. The molecule has 0 saturated heterocycles. The lowest BCUT2D eigenvalue weighted by molar-refractivity contribution is 0.343. The van der Waals surface area contributed by atoms with Crippen LogP contribution in [-0.2, 0) is 6.42 Å². The van der Waals surface area contributed by atoms with Crippen LogP contribution in [0.5, 0.6) is 0 Å². The predicted octanol–water partition coefficient (Wildman–Crippen LogP) is 2.66. The highest BCUT2D eigenvalue weighted by molar-refractivity contribution is 4.77. The van der Waals surface area contributed by atoms with E-state index in [2.05, 4.69) is 43.2 Å². The van der Waals surface area contributed by atoms with Crippen molar-refractivity contribution in [3.05, 3.63) is 12.2 Å². The van der Waals surface area contributed by atoms with E-state index in [4.69, 9.17) is 4.52 Å². The van der Waals surface area contributed by atoms with Crippen molar-refractivity contribution in [2.45, 2.75) is 53.0 Å². The number of hydrogen-bond acceptors (Lipinski definition) is 4. The maximum Gasteiger partial charge on any atom is 0.227 e. The summed E-state index contributed by atoms with van der Waals surface area (Å²) in [7, 11) is 0. The number of nitrogens with one attached hydrogen (secondary N) is 1. The Hall–Kier alpha value is -0.900. The summed E-state index contributed by atoms with van der Waals surface area (Å²) in [5.74, 6) is 2.18. The van der Waals surface area contributed by atoms with Gasteiger partial charge in [-0.25, -0.2) is 0 Å². The summed E-state index contributed by atoms with van der Waals surface area (Å²) < 4.78 is 4.98. The molecular weight excluding hydrogens is 214 g/mol. The molecule has 0 unspecified atom stereocenters. The predicted molar refractivity (Wildman–Crippen MR) is 68.7 cm³/mol. The molecule has 0 radical (unpaired) electrons. The standard InChI is InChI=1S/C13H25N3O/c1-10(2)7-12(8-11(3)4)14-6-5-13-15-9-16-17-13/h9-12,14H,5-8H2,1-4H3. The summed E-state index contributed by atoms with van der Waals surface area (Å²) in [6.45, 7) is 9.99. The van der Waals surface area contributed by atoms with Gasteiger partial charge in [0, 0.05) is 19.0 Å². The Bertz CT molecular complexity index is 273. The fraction of sp³-hybridized carbons (Fsp3) is 0.846. The summed E-state index contributed by atoms with van der Waals surface area (Å²) >= 11 is 0. The van der Waals surface area contributed by atoms with Crippen molar-refractivity contribution in [3.8, 4) is 0 Å². The van der Waals surface area contributed by atoms with Gasteiger partial charge in [0.05, 0.1) is 0 Å². The minimum atomic E-state index is 0.595. The molecule has 0 bridgehead atoms. The molecule has 0 aliphatic carbocycles. The van der Waals surface area contributed by atoms with Gasteiger partial charge in [-0.2, -0.15) is 4.98 Å². The van der Waals surface area contributed by atoms with Gasteiger partial charge < -0.3 is 9.84 Å². The fourth-order valence-corrected chi connectivity index (χ4v) is 2.09. The monoisotopic (exact) mass is 239 g/mol. The second-order valence-corrected chi connectivity index (χ2v) is 5.50. The van der Waals surface area contributed by atoms with Gasteiger partial charge in [0.25, 0.3) is 0 Å². The van der Waals surface area contributed by atoms with Gasteiger partial charge in [0.1, 0.15) is 0 Å². The van der Waals surface area contributed by atoms with Crippen molar-refractivity contribution in [1.29, 1.82) is 0 Å². The Labute approximate surface area is 104 Å². The molecule has 98 valence electrons. The molecule has 1 aromatic heterocycles. The van der Waals surface area contributed by atoms with Crippen LogP contribution in [0.4, 0.5) is 0 Å². The van der Waals surface area contributed by atoms with Crippen LogP contribution in [0.3, 0.4) is 0 Å². The fourth-order valence-electron chi connectivity index (χ4n) is 2.09. The first-order chi connectivity index (χ1) is 8.08. The Kier molecular flexibility index (Phi) is 6.19. The Morgan fingerprint density at radius 3 is 2.29 bits per heavy atom. The number of nitrogens with zero attached hydrogens (tertiary/aromatic N) is 2. The van der Waals surface area contributed by atoms with Gasteiger partial charge in [-0.3, -0.25) is 0 Å². The van der Waals surface area contributed by atoms with E-state index in [1.165, 1.54) is 19.2 Å². The average molecular weight is 239 g/mol. The van der Waals surface area contributed by atoms with Crippen LogP contribution in [0.1, 0.15) is 46.4 Å². The Morgan fingerprint density at radius 1 is 1.18 bits per heavy atom. The smallest absolute Gasteiger partial charge is 0.227 e. The van der Waals surface area contributed by atoms with Crippen molar-refractivity contribution >= 4 is 0 Å². The highest BCUT2D eigenvalue weighted by Crippen LogP contribution is 2.13. The SMILES string of the molecule is CC(C)CC(CC(C)C)NCCc1ncno1. The lowest BCUT2D eigenvalue weighted by atomic mass is 9.95. The largest absolute Gasteiger partial charge is 0.340 e. The van der Waals surface area contributed by atoms with Crippen molar-refractivity contribution in [2.24, 2.45) is 11.8 Å². The first-order valence-electron chi connectivity index (χ1n) is 6.56. The lowest BCUT2D eigenvalue weighted by Crippen LogP contribution is -2.33. The van der Waals surface area contributed by atoms with Crippen LogP contribution in [0.25, 0.3) is 0 Å². The molecular formula is C13H25N3O. The Balaban J connectivity index is 2.27. The summed E-state index contributed by atoms with van der Waals surface area (Å²) in [5.41, 5.74) is 0. The van der Waals surface area contributed by atoms with E-state index in [-0.39, 0.29) is 0 Å². The molecule has 0 aromatic carbocycles. The van der Waals surface area contributed by atoms with Gasteiger partial charge in [-0.15, -0.1) is 0 Å². The molecule has 0 fully saturated rings. The summed E-state index contributed by atoms with van der Waals surface area (Å²) in [6, 6.07) is 0.595. The molecule has 1 N–H and O–H groups in total. The van der Waals surface area contributed by atoms with Crippen molar-refractivity contribution in [2.75, 3.05) is 6.54 Å². The zero-order valence-corrected chi connectivity index (χ0v) is 11.4. The van der Waals surface area contributed by atoms with Crippen molar-refractivity contribution < 1.29 is 4.52 Å². The minimum absolute atomic E-state index is 0.595. The van der Waals surface area contributed by atoms with Crippen LogP contribution in [0, 0.1) is 11.8 Å². The van der Waals surface area contributed by atoms with Gasteiger partial charge in [-0.1, -0.05) is 32.9 Å². The molecule has 0 spiro atoms. The topological polar surface area (TPSA) is 51.0 Å². The molecule has 4 heteroatoms. The highest BCUT2D eigenvalue weighted by atomic mass is 16.5. The quantitative estimate of drug-likeness (QED) is 0.757. The van der Waals surface area contributed by atoms with E-state index in [9.17, 15) is 0 Å². The van der Waals surface area contributed by atoms with Crippen LogP contribution < -0.4 is 5.32 Å². The molecule has 1 rings (SSSR count). The first kappa shape index (κ1) is 14.2. The van der Waals surface area contributed by atoms with Gasteiger partial charge in [-0.05, 0) is 24.7 Å². The molecule has 0 aliphatic heterocycles. The van der Waals surface area contributed by atoms with Crippen LogP contribution in [0.2, 0.25) is 0 Å². The zero-order chi connectivity index (χ0) is 12.7. The molecule has 1 aromatic rings. The average Bonchev–Trinajstić information content (AvgIpc) is 2.68. The van der Waals surface area contributed by atoms with Crippen LogP contribution >= 0.6 is 0 Å². The third kappa shape index (κ3) is 6.41. The zero-order valence-electron chi connectivity index (χ0n) is 11.4. The number of aromatic nitrogens is 2. The maximum atomic E-state index is 4.98. The first-order valence-corrected chi connectivity index (χ1v) is 6.56. The minimum Gasteiger partial charge on any atom is -0.340 e. The summed E-state index contributed by atoms with van der Waals surface area (Å²) in [5, 5.41) is 7.20. The van der Waals surface area contributed by atoms with E-state index in [1.54, 1.807) is 0 Å². The van der Waals surface area contributed by atoms with Crippen molar-refractivity contribution in [3.63, 3.8) is 0 Å². The molecule has 4 nitrogen and oxygen atoms in total. The summed E-state index contributed by atoms with van der Waals surface area (Å²) in [6.07, 6.45) is 4.71.